The third-order valence-corrected chi connectivity index (χ3v) is 17.4. The van der Waals surface area contributed by atoms with Gasteiger partial charge >= 0.3 is 83.9 Å². The van der Waals surface area contributed by atoms with Crippen molar-refractivity contribution in [1.82, 2.24) is 0 Å². The molecule has 704 valence electrons. The van der Waals surface area contributed by atoms with Crippen molar-refractivity contribution in [3.8, 4) is 69.0 Å². The highest BCUT2D eigenvalue weighted by Crippen LogP contribution is 2.31. The highest BCUT2D eigenvalue weighted by atomic mass is 16.7. The van der Waals surface area contributed by atoms with E-state index in [0.717, 1.165) is 36.5 Å². The third-order valence-electron chi connectivity index (χ3n) is 17.4. The Kier molecular flexibility index (Phi) is 44.8. The van der Waals surface area contributed by atoms with E-state index in [9.17, 15) is 67.1 Å². The van der Waals surface area contributed by atoms with Crippen molar-refractivity contribution in [3.05, 3.63) is 326 Å². The number of ether oxygens (including phenoxy) is 20. The molecule has 0 bridgehead atoms. The van der Waals surface area contributed by atoms with Crippen molar-refractivity contribution >= 4 is 83.9 Å². The van der Waals surface area contributed by atoms with Crippen molar-refractivity contribution in [3.63, 3.8) is 0 Å². The smallest absolute Gasteiger partial charge is 0.494 e. The van der Waals surface area contributed by atoms with Crippen LogP contribution in [0.5, 0.6) is 69.0 Å². The summed E-state index contributed by atoms with van der Waals surface area (Å²) in [5, 5.41) is 0. The molecule has 0 aliphatic rings. The van der Waals surface area contributed by atoms with Gasteiger partial charge in [0.2, 0.25) is 0 Å². The molecular weight excluding hydrogens is 1760 g/mol. The van der Waals surface area contributed by atoms with E-state index < -0.39 is 83.9 Å². The molecule has 0 N–H and O–H groups in total. The summed E-state index contributed by atoms with van der Waals surface area (Å²) in [5.41, 5.74) is 3.34. The normalized spacial score (nSPS) is 10.1. The maximum Gasteiger partial charge on any atom is 0.513 e. The van der Waals surface area contributed by atoms with Crippen molar-refractivity contribution in [2.45, 2.75) is 59.3 Å². The number of unbranched alkanes of at least 4 members (excludes halogenated alkanes) is 2. The van der Waals surface area contributed by atoms with E-state index in [0.29, 0.717) is 157 Å². The minimum absolute atomic E-state index is 0.0991. The van der Waals surface area contributed by atoms with Crippen molar-refractivity contribution in [2.75, 3.05) is 79.3 Å². The Bertz CT molecular complexity index is 5600. The Balaban J connectivity index is 0.000000276. The summed E-state index contributed by atoms with van der Waals surface area (Å²) in [7, 11) is 0. The predicted molar refractivity (Wildman–Crippen MR) is 483 cm³/mol. The van der Waals surface area contributed by atoms with Gasteiger partial charge in [0.05, 0.1) is 86.2 Å². The first-order chi connectivity index (χ1) is 65.1. The van der Waals surface area contributed by atoms with Gasteiger partial charge in [-0.25, -0.2) is 67.1 Å². The number of hydrogen-bond donors (Lipinski definition) is 0. The van der Waals surface area contributed by atoms with Crippen LogP contribution in [0.3, 0.4) is 0 Å². The second kappa shape index (κ2) is 57.7. The average molecular weight is 1850 g/mol. The molecular formula is C101H96O34. The summed E-state index contributed by atoms with van der Waals surface area (Å²) < 4.78 is 104. The highest BCUT2D eigenvalue weighted by Gasteiger charge is 2.21. The molecule has 9 aromatic carbocycles. The molecule has 0 fully saturated rings. The molecule has 0 unspecified atom stereocenters. The fourth-order valence-corrected chi connectivity index (χ4v) is 10.6. The summed E-state index contributed by atoms with van der Waals surface area (Å²) in [6, 6.07) is 50.8. The van der Waals surface area contributed by atoms with Gasteiger partial charge in [-0.05, 0) is 263 Å². The minimum atomic E-state index is -1.03. The molecule has 9 rings (SSSR count). The SMILES string of the molecule is C=CC(=O)OCCCCOc1ccc(C(=O)Oc2ccc(OC(=O)c3ccc(OCCCCOC(=O)C=C)cc3)c(C)c2)cc1.C=CC(=O)OCCCOc1ccc(C(=O)Oc2ccc(OC(=O)c3ccc(OCCCOC(=O)C=C)cc3)c(C)c2)cc1.C=CC(=O)OCCOC(=O)Oc1ccc(C(=O)Oc2ccc(OC(=O)c3ccc(OC(=O)OCCOC(=O)C=C)cc3)c(C)c2)cc1. The molecule has 9 aromatic rings. The number of carbonyl (C=O) groups excluding carboxylic acids is 14. The Labute approximate surface area is 775 Å². The largest absolute Gasteiger partial charge is 0.513 e. The molecule has 0 radical (unpaired) electrons. The molecule has 135 heavy (non-hydrogen) atoms. The topological polar surface area (TPSA) is 424 Å². The third kappa shape index (κ3) is 39.3. The van der Waals surface area contributed by atoms with E-state index >= 15 is 0 Å². The lowest BCUT2D eigenvalue weighted by Gasteiger charge is -2.11. The second-order valence-electron chi connectivity index (χ2n) is 27.4. The summed E-state index contributed by atoms with van der Waals surface area (Å²) in [6.07, 6.45) is 8.05. The van der Waals surface area contributed by atoms with Crippen LogP contribution in [-0.2, 0) is 66.7 Å². The Morgan fingerprint density at radius 2 is 0.385 bits per heavy atom. The maximum absolute atomic E-state index is 12.7. The monoisotopic (exact) mass is 1850 g/mol. The van der Waals surface area contributed by atoms with Gasteiger partial charge in [-0.1, -0.05) is 39.5 Å². The summed E-state index contributed by atoms with van der Waals surface area (Å²) in [6.45, 7) is 26.7. The zero-order valence-corrected chi connectivity index (χ0v) is 73.9. The first-order valence-corrected chi connectivity index (χ1v) is 41.4. The standard InChI is InChI=1S/C35H36O10.C33H28O14.C33H32O10/c1-4-32(36)42-22-8-6-20-40-28-14-10-26(11-15-28)34(38)44-30-18-19-31(25(3)24-30)45-35(39)27-12-16-29(17-13-27)41-21-7-9-23-43-33(37)5-2;1-4-28(34)40-16-18-42-32(38)45-24-10-6-22(7-11-24)30(36)44-26-14-15-27(21(3)20-26)47-31(37)23-8-12-25(13-9-23)46-33(39)43-19-17-41-29(35)5-2;1-4-30(34)40-20-6-18-38-26-12-8-24(9-13-26)32(36)42-28-16-17-29(23(3)22-28)43-33(37)25-10-14-27(15-11-25)39-19-7-21-41-31(35)5-2/h4-5,10-19,24H,1-2,6-9,20-23H2,3H3;4-15,20H,1-2,16-19H2,3H3;4-5,8-17,22H,1-2,6-7,18-21H2,3H3. The van der Waals surface area contributed by atoms with Crippen LogP contribution in [0.1, 0.15) is 117 Å². The number of esters is 12. The van der Waals surface area contributed by atoms with E-state index in [-0.39, 0.29) is 79.5 Å². The lowest BCUT2D eigenvalue weighted by Crippen LogP contribution is -2.16. The van der Waals surface area contributed by atoms with Gasteiger partial charge in [-0.15, -0.1) is 0 Å². The second-order valence-corrected chi connectivity index (χ2v) is 27.4. The zero-order valence-electron chi connectivity index (χ0n) is 73.9. The zero-order chi connectivity index (χ0) is 97.7. The van der Waals surface area contributed by atoms with Crippen LogP contribution in [0.25, 0.3) is 0 Å². The molecule has 0 heterocycles. The molecule has 0 saturated heterocycles. The Morgan fingerprint density at radius 3 is 0.615 bits per heavy atom. The minimum Gasteiger partial charge on any atom is -0.494 e. The van der Waals surface area contributed by atoms with Crippen molar-refractivity contribution in [2.24, 2.45) is 0 Å². The van der Waals surface area contributed by atoms with Gasteiger partial charge in [-0.3, -0.25) is 0 Å². The number of rotatable bonds is 48. The van der Waals surface area contributed by atoms with Gasteiger partial charge in [0.15, 0.2) is 0 Å². The van der Waals surface area contributed by atoms with Crippen LogP contribution in [0, 0.1) is 20.8 Å². The van der Waals surface area contributed by atoms with Crippen molar-refractivity contribution < 1.29 is 162 Å². The van der Waals surface area contributed by atoms with Crippen LogP contribution < -0.4 is 56.8 Å². The van der Waals surface area contributed by atoms with E-state index in [1.54, 1.807) is 148 Å². The predicted octanol–water partition coefficient (Wildman–Crippen LogP) is 16.6. The quantitative estimate of drug-likeness (QED) is 0.00853. The van der Waals surface area contributed by atoms with Gasteiger partial charge in [-0.2, -0.15) is 0 Å². The van der Waals surface area contributed by atoms with Crippen LogP contribution in [-0.4, -0.2) is 163 Å². The van der Waals surface area contributed by atoms with Crippen LogP contribution in [0.2, 0.25) is 0 Å². The number of carbonyl (C=O) groups is 14. The van der Waals surface area contributed by atoms with E-state index in [2.05, 4.69) is 48.9 Å². The molecule has 0 aliphatic heterocycles. The fourth-order valence-electron chi connectivity index (χ4n) is 10.6. The van der Waals surface area contributed by atoms with Gasteiger partial charge < -0.3 is 94.7 Å². The maximum atomic E-state index is 12.7. The molecule has 34 heteroatoms. The van der Waals surface area contributed by atoms with Crippen LogP contribution >= 0.6 is 0 Å². The molecule has 0 spiro atoms. The summed E-state index contributed by atoms with van der Waals surface area (Å²) in [4.78, 5) is 165. The van der Waals surface area contributed by atoms with E-state index in [1.807, 2.05) is 0 Å². The molecule has 0 atom stereocenters. The molecule has 0 aliphatic carbocycles. The molecule has 34 nitrogen and oxygen atoms in total. The summed E-state index contributed by atoms with van der Waals surface area (Å²) in [5.74, 6) is -2.65. The fraction of sp³-hybridized carbons (Fsp3) is 0.208. The van der Waals surface area contributed by atoms with Gasteiger partial charge in [0.25, 0.3) is 0 Å². The van der Waals surface area contributed by atoms with E-state index in [4.69, 9.17) is 85.3 Å². The molecule has 0 saturated carbocycles. The highest BCUT2D eigenvalue weighted by molar-refractivity contribution is 5.95. The first kappa shape index (κ1) is 105. The van der Waals surface area contributed by atoms with E-state index in [1.165, 1.54) is 72.8 Å². The summed E-state index contributed by atoms with van der Waals surface area (Å²) >= 11 is 0. The molecule has 0 amide bonds. The number of hydrogen-bond acceptors (Lipinski definition) is 34. The number of aryl methyl sites for hydroxylation is 3. The Morgan fingerprint density at radius 1 is 0.200 bits per heavy atom. The number of benzene rings is 9. The van der Waals surface area contributed by atoms with Gasteiger partial charge in [0.1, 0.15) is 95.4 Å². The Hall–Kier alpha value is -17.2. The van der Waals surface area contributed by atoms with Crippen LogP contribution in [0.15, 0.2) is 276 Å². The first-order valence-electron chi connectivity index (χ1n) is 41.4. The lowest BCUT2D eigenvalue weighted by molar-refractivity contribution is -0.139. The van der Waals surface area contributed by atoms with Crippen molar-refractivity contribution in [1.29, 1.82) is 0 Å². The molecule has 0 aromatic heterocycles. The van der Waals surface area contributed by atoms with Crippen LogP contribution in [0.4, 0.5) is 9.59 Å². The lowest BCUT2D eigenvalue weighted by atomic mass is 10.2. The average Bonchev–Trinajstić information content (AvgIpc) is 0.845. The van der Waals surface area contributed by atoms with Gasteiger partial charge in [0, 0.05) is 49.3 Å².